The molecule has 7 heteroatoms. The number of nitrogens with zero attached hydrogens (tertiary/aromatic N) is 1. The highest BCUT2D eigenvalue weighted by molar-refractivity contribution is 6.05. The van der Waals surface area contributed by atoms with E-state index < -0.39 is 23.1 Å². The highest BCUT2D eigenvalue weighted by atomic mass is 19.1. The fourth-order valence-corrected chi connectivity index (χ4v) is 3.03. The van der Waals surface area contributed by atoms with E-state index in [1.165, 1.54) is 29.2 Å². The number of amides is 2. The lowest BCUT2D eigenvalue weighted by atomic mass is 9.90. The number of aliphatic carboxylic acids is 1. The predicted molar refractivity (Wildman–Crippen MR) is 97.1 cm³/mol. The first-order valence-corrected chi connectivity index (χ1v) is 8.48. The highest BCUT2D eigenvalue weighted by Crippen LogP contribution is 2.31. The van der Waals surface area contributed by atoms with E-state index in [1.54, 1.807) is 31.2 Å². The molecular formula is C20H19FN2O4. The van der Waals surface area contributed by atoms with Crippen molar-refractivity contribution in [1.29, 1.82) is 0 Å². The first kappa shape index (κ1) is 18.6. The van der Waals surface area contributed by atoms with Gasteiger partial charge in [-0.3, -0.25) is 14.4 Å². The van der Waals surface area contributed by atoms with Crippen molar-refractivity contribution in [3.8, 4) is 0 Å². The maximum atomic E-state index is 13.0. The van der Waals surface area contributed by atoms with Crippen molar-refractivity contribution < 1.29 is 23.9 Å². The predicted octanol–water partition coefficient (Wildman–Crippen LogP) is 3.01. The van der Waals surface area contributed by atoms with E-state index in [4.69, 9.17) is 0 Å². The van der Waals surface area contributed by atoms with Crippen molar-refractivity contribution in [1.82, 2.24) is 4.90 Å². The Morgan fingerprint density at radius 1 is 1.11 bits per heavy atom. The van der Waals surface area contributed by atoms with E-state index in [0.717, 1.165) is 0 Å². The molecule has 1 fully saturated rings. The van der Waals surface area contributed by atoms with Crippen LogP contribution in [0.2, 0.25) is 0 Å². The molecule has 0 aromatic heterocycles. The van der Waals surface area contributed by atoms with Crippen LogP contribution < -0.4 is 5.32 Å². The SMILES string of the molecule is CC1(C(=O)O)CCN(C(=O)c2cccc(NC(=O)c3ccc(F)cc3)c2)C1. The number of anilines is 1. The van der Waals surface area contributed by atoms with Crippen molar-refractivity contribution in [3.05, 3.63) is 65.5 Å². The number of rotatable bonds is 4. The van der Waals surface area contributed by atoms with E-state index >= 15 is 0 Å². The molecule has 1 atom stereocenters. The molecule has 2 N–H and O–H groups in total. The Morgan fingerprint density at radius 3 is 2.44 bits per heavy atom. The average Bonchev–Trinajstić information content (AvgIpc) is 3.05. The minimum Gasteiger partial charge on any atom is -0.481 e. The Bertz CT molecular complexity index is 897. The number of likely N-dealkylation sites (tertiary alicyclic amines) is 1. The summed E-state index contributed by atoms with van der Waals surface area (Å²) >= 11 is 0. The minimum atomic E-state index is -0.940. The van der Waals surface area contributed by atoms with Gasteiger partial charge in [0.25, 0.3) is 11.8 Å². The van der Waals surface area contributed by atoms with Crippen LogP contribution in [0.1, 0.15) is 34.1 Å². The molecule has 1 saturated heterocycles. The Hall–Kier alpha value is -3.22. The van der Waals surface area contributed by atoms with Gasteiger partial charge in [-0.05, 0) is 55.8 Å². The smallest absolute Gasteiger partial charge is 0.311 e. The van der Waals surface area contributed by atoms with Gasteiger partial charge in [0.05, 0.1) is 5.41 Å². The van der Waals surface area contributed by atoms with Gasteiger partial charge in [0.1, 0.15) is 5.82 Å². The number of carboxylic acids is 1. The molecule has 2 aromatic rings. The van der Waals surface area contributed by atoms with Gasteiger partial charge in [0, 0.05) is 29.9 Å². The van der Waals surface area contributed by atoms with Crippen LogP contribution in [0.15, 0.2) is 48.5 Å². The third-order valence-electron chi connectivity index (χ3n) is 4.75. The normalized spacial score (nSPS) is 19.0. The van der Waals surface area contributed by atoms with Crippen molar-refractivity contribution in [2.75, 3.05) is 18.4 Å². The number of carboxylic acid groups (broad SMARTS) is 1. The summed E-state index contributed by atoms with van der Waals surface area (Å²) in [5.41, 5.74) is 0.145. The second-order valence-corrected chi connectivity index (χ2v) is 6.88. The number of nitrogens with one attached hydrogen (secondary N) is 1. The minimum absolute atomic E-state index is 0.146. The molecule has 1 heterocycles. The monoisotopic (exact) mass is 370 g/mol. The van der Waals surface area contributed by atoms with E-state index in [-0.39, 0.29) is 12.5 Å². The Labute approximate surface area is 155 Å². The molecule has 0 aliphatic carbocycles. The van der Waals surface area contributed by atoms with Gasteiger partial charge < -0.3 is 15.3 Å². The van der Waals surface area contributed by atoms with Crippen LogP contribution in [0.5, 0.6) is 0 Å². The number of carbonyl (C=O) groups excluding carboxylic acids is 2. The molecule has 0 saturated carbocycles. The Kier molecular flexibility index (Phi) is 4.94. The van der Waals surface area contributed by atoms with E-state index in [1.807, 2.05) is 0 Å². The van der Waals surface area contributed by atoms with E-state index in [2.05, 4.69) is 5.32 Å². The number of benzene rings is 2. The summed E-state index contributed by atoms with van der Waals surface area (Å²) < 4.78 is 13.0. The second kappa shape index (κ2) is 7.19. The number of hydrogen-bond donors (Lipinski definition) is 2. The number of carbonyl (C=O) groups is 3. The maximum absolute atomic E-state index is 13.0. The van der Waals surface area contributed by atoms with Gasteiger partial charge in [0.15, 0.2) is 0 Å². The molecule has 1 unspecified atom stereocenters. The molecule has 0 spiro atoms. The molecule has 2 amide bonds. The molecule has 2 aromatic carbocycles. The lowest BCUT2D eigenvalue weighted by Gasteiger charge is -2.20. The van der Waals surface area contributed by atoms with E-state index in [9.17, 15) is 23.9 Å². The molecule has 140 valence electrons. The topological polar surface area (TPSA) is 86.7 Å². The first-order chi connectivity index (χ1) is 12.8. The third-order valence-corrected chi connectivity index (χ3v) is 4.75. The first-order valence-electron chi connectivity index (χ1n) is 8.48. The van der Waals surface area contributed by atoms with Crippen molar-refractivity contribution in [2.24, 2.45) is 5.41 Å². The molecule has 1 aliphatic rings. The fourth-order valence-electron chi connectivity index (χ4n) is 3.03. The van der Waals surface area contributed by atoms with Gasteiger partial charge in [-0.25, -0.2) is 4.39 Å². The van der Waals surface area contributed by atoms with Crippen LogP contribution in [0.4, 0.5) is 10.1 Å². The van der Waals surface area contributed by atoms with Crippen molar-refractivity contribution in [2.45, 2.75) is 13.3 Å². The van der Waals surface area contributed by atoms with Gasteiger partial charge in [0.2, 0.25) is 0 Å². The quantitative estimate of drug-likeness (QED) is 0.866. The molecule has 1 aliphatic heterocycles. The zero-order valence-corrected chi connectivity index (χ0v) is 14.7. The summed E-state index contributed by atoms with van der Waals surface area (Å²) in [6.07, 6.45) is 0.398. The molecule has 0 radical (unpaired) electrons. The van der Waals surface area contributed by atoms with Gasteiger partial charge in [-0.2, -0.15) is 0 Å². The molecule has 3 rings (SSSR count). The second-order valence-electron chi connectivity index (χ2n) is 6.88. The lowest BCUT2D eigenvalue weighted by molar-refractivity contribution is -0.147. The summed E-state index contributed by atoms with van der Waals surface area (Å²) in [6.45, 7) is 2.14. The average molecular weight is 370 g/mol. The summed E-state index contributed by atoms with van der Waals surface area (Å²) in [4.78, 5) is 37.8. The summed E-state index contributed by atoms with van der Waals surface area (Å²) in [7, 11) is 0. The Balaban J connectivity index is 1.72. The molecular weight excluding hydrogens is 351 g/mol. The lowest BCUT2D eigenvalue weighted by Crippen LogP contribution is -2.34. The van der Waals surface area contributed by atoms with Crippen molar-refractivity contribution in [3.63, 3.8) is 0 Å². The summed E-state index contributed by atoms with van der Waals surface area (Å²) in [6, 6.07) is 11.6. The largest absolute Gasteiger partial charge is 0.481 e. The zero-order chi connectivity index (χ0) is 19.6. The molecule has 6 nitrogen and oxygen atoms in total. The zero-order valence-electron chi connectivity index (χ0n) is 14.7. The van der Waals surface area contributed by atoms with Crippen LogP contribution in [0.3, 0.4) is 0 Å². The van der Waals surface area contributed by atoms with Gasteiger partial charge in [-0.15, -0.1) is 0 Å². The highest BCUT2D eigenvalue weighted by Gasteiger charge is 2.42. The number of halogens is 1. The van der Waals surface area contributed by atoms with Crippen molar-refractivity contribution >= 4 is 23.5 Å². The third kappa shape index (κ3) is 3.97. The van der Waals surface area contributed by atoms with Crippen LogP contribution in [-0.4, -0.2) is 40.9 Å². The van der Waals surface area contributed by atoms with Gasteiger partial charge in [-0.1, -0.05) is 6.07 Å². The summed E-state index contributed by atoms with van der Waals surface area (Å²) in [5.74, 6) is -2.05. The van der Waals surface area contributed by atoms with Gasteiger partial charge >= 0.3 is 5.97 Å². The van der Waals surface area contributed by atoms with Crippen LogP contribution >= 0.6 is 0 Å². The molecule has 0 bridgehead atoms. The van der Waals surface area contributed by atoms with E-state index in [0.29, 0.717) is 29.8 Å². The standard InChI is InChI=1S/C20H19FN2O4/c1-20(19(26)27)9-10-23(12-20)18(25)14-3-2-4-16(11-14)22-17(24)13-5-7-15(21)8-6-13/h2-8,11H,9-10,12H2,1H3,(H,22,24)(H,26,27). The fraction of sp³-hybridized carbons (Fsp3) is 0.250. The van der Waals surface area contributed by atoms with Crippen LogP contribution in [0.25, 0.3) is 0 Å². The summed E-state index contributed by atoms with van der Waals surface area (Å²) in [5, 5.41) is 12.0. The Morgan fingerprint density at radius 2 is 1.81 bits per heavy atom. The molecule has 27 heavy (non-hydrogen) atoms. The van der Waals surface area contributed by atoms with Crippen LogP contribution in [0, 0.1) is 11.2 Å². The van der Waals surface area contributed by atoms with Crippen LogP contribution in [-0.2, 0) is 4.79 Å². The number of hydrogen-bond acceptors (Lipinski definition) is 3. The maximum Gasteiger partial charge on any atom is 0.311 e.